The van der Waals surface area contributed by atoms with Gasteiger partial charge >= 0.3 is 5.97 Å². The molecule has 11 heteroatoms. The van der Waals surface area contributed by atoms with Gasteiger partial charge in [-0.05, 0) is 69.6 Å². The van der Waals surface area contributed by atoms with Crippen LogP contribution < -0.4 is 0 Å². The maximum Gasteiger partial charge on any atom is 0.305 e. The van der Waals surface area contributed by atoms with Crippen molar-refractivity contribution in [2.75, 3.05) is 33.5 Å². The number of aliphatic hydroxyl groups excluding tert-OH is 6. The standard InChI is InChI=1S/C45H82O6.C2H6O2.CH6OSi.CH4O.4CH4/c1-4-7-10-13-16-19-22-25-30-35-45(34-29-24-21-18-15-12-9-6-3,36-31-26-23-20-17-14-11-8-5-2)37-32-27-28-33-42(48)50-39-41(47)44-43(49)40(46)38-51-44;3-1-2-4;1-3-2;1-2;;;;/h25-26,29-31,34,40-41,43-44,46-47,49H,4-24,27-28,32-33,35-39H2,1-3H3;3-4H,1-2H2;2H,3H2,1H3;2H,1H3;4*1H4/b30-25+,31-26?,34-29-;;;;;;;/t40?,41-,43?,44?,45?;;;;;;;/m1......./s1. The third-order valence-corrected chi connectivity index (χ3v) is 10.7. The summed E-state index contributed by atoms with van der Waals surface area (Å²) < 4.78 is 10.5. The van der Waals surface area contributed by atoms with Gasteiger partial charge in [-0.2, -0.15) is 0 Å². The minimum Gasteiger partial charge on any atom is -0.463 e. The van der Waals surface area contributed by atoms with Crippen molar-refractivity contribution >= 4 is 15.7 Å². The first-order chi connectivity index (χ1) is 29.2. The first-order valence-corrected chi connectivity index (χ1v) is 26.3. The Kier molecular flexibility index (Phi) is 73.9. The van der Waals surface area contributed by atoms with Crippen molar-refractivity contribution in [1.29, 1.82) is 0 Å². The predicted octanol–water partition coefficient (Wildman–Crippen LogP) is 11.9. The summed E-state index contributed by atoms with van der Waals surface area (Å²) in [5.41, 5.74) is 0.0920. The molecule has 1 aliphatic rings. The Labute approximate surface area is 400 Å². The second-order valence-corrected chi connectivity index (χ2v) is 16.8. The van der Waals surface area contributed by atoms with Gasteiger partial charge in [0.05, 0.1) is 19.8 Å². The topological polar surface area (TPSA) is 177 Å². The normalized spacial score (nSPS) is 16.8. The van der Waals surface area contributed by atoms with Crippen molar-refractivity contribution < 1.29 is 49.7 Å². The molecule has 0 spiro atoms. The zero-order chi connectivity index (χ0) is 45.4. The van der Waals surface area contributed by atoms with Gasteiger partial charge in [-0.25, -0.2) is 0 Å². The molecule has 1 fully saturated rings. The number of unbranched alkanes of at least 4 members (excludes halogenated alkanes) is 20. The number of hydrogen-bond donors (Lipinski definition) is 7. The molecule has 0 amide bonds. The van der Waals surface area contributed by atoms with Gasteiger partial charge in [0.15, 0.2) is 9.76 Å². The van der Waals surface area contributed by atoms with Crippen molar-refractivity contribution in [2.45, 2.75) is 261 Å². The minimum atomic E-state index is -1.17. The number of carbonyl (C=O) groups is 1. The summed E-state index contributed by atoms with van der Waals surface area (Å²) in [5, 5.41) is 52.1. The fourth-order valence-corrected chi connectivity index (χ4v) is 7.07. The molecule has 0 aliphatic carbocycles. The summed E-state index contributed by atoms with van der Waals surface area (Å²) >= 11 is 0. The van der Waals surface area contributed by atoms with Gasteiger partial charge < -0.3 is 44.9 Å². The summed E-state index contributed by atoms with van der Waals surface area (Å²) in [4.78, 5) is 20.1. The fourth-order valence-electron chi connectivity index (χ4n) is 7.07. The highest BCUT2D eigenvalue weighted by Gasteiger charge is 2.39. The molecule has 0 aromatic heterocycles. The molecule has 1 saturated heterocycles. The lowest BCUT2D eigenvalue weighted by Gasteiger charge is -2.29. The van der Waals surface area contributed by atoms with E-state index in [1.807, 2.05) is 6.55 Å². The Bertz CT molecular complexity index is 918. The van der Waals surface area contributed by atoms with Gasteiger partial charge in [-0.15, -0.1) is 0 Å². The van der Waals surface area contributed by atoms with E-state index in [0.717, 1.165) is 52.1 Å². The van der Waals surface area contributed by atoms with Crippen LogP contribution in [0, 0.1) is 5.41 Å². The molecule has 1 heterocycles. The van der Waals surface area contributed by atoms with Gasteiger partial charge in [-0.3, -0.25) is 4.79 Å². The van der Waals surface area contributed by atoms with E-state index in [-0.39, 0.29) is 67.5 Å². The average molecular weight is 940 g/mol. The van der Waals surface area contributed by atoms with E-state index in [9.17, 15) is 20.1 Å². The third kappa shape index (κ3) is 50.0. The maximum absolute atomic E-state index is 12.4. The number of carbonyl (C=O) groups excluding carboxylic acids is 1. The van der Waals surface area contributed by atoms with Crippen molar-refractivity contribution in [3.8, 4) is 0 Å². The molecule has 64 heavy (non-hydrogen) atoms. The molecule has 10 nitrogen and oxygen atoms in total. The maximum atomic E-state index is 12.4. The molecule has 1 aliphatic heterocycles. The Morgan fingerprint density at radius 3 is 1.44 bits per heavy atom. The van der Waals surface area contributed by atoms with E-state index in [0.29, 0.717) is 6.42 Å². The zero-order valence-electron chi connectivity index (χ0n) is 39.5. The summed E-state index contributed by atoms with van der Waals surface area (Å²) in [7, 11) is 0.417. The van der Waals surface area contributed by atoms with E-state index >= 15 is 0 Å². The van der Waals surface area contributed by atoms with E-state index < -0.39 is 34.2 Å². The monoisotopic (exact) mass is 939 g/mol. The van der Waals surface area contributed by atoms with Crippen LogP contribution in [0.15, 0.2) is 36.5 Å². The Morgan fingerprint density at radius 2 is 1.05 bits per heavy atom. The lowest BCUT2D eigenvalue weighted by molar-refractivity contribution is -0.151. The summed E-state index contributed by atoms with van der Waals surface area (Å²) in [5.74, 6) is -0.345. The second-order valence-electron chi connectivity index (χ2n) is 16.2. The molecule has 0 aromatic carbocycles. The van der Waals surface area contributed by atoms with E-state index in [2.05, 4.69) is 57.2 Å². The molecule has 4 unspecified atom stereocenters. The minimum absolute atomic E-state index is 0. The van der Waals surface area contributed by atoms with Gasteiger partial charge in [0.2, 0.25) is 0 Å². The average Bonchev–Trinajstić information content (AvgIpc) is 3.60. The van der Waals surface area contributed by atoms with Crippen LogP contribution in [0.5, 0.6) is 0 Å². The van der Waals surface area contributed by atoms with Gasteiger partial charge in [-0.1, -0.05) is 203 Å². The summed E-state index contributed by atoms with van der Waals surface area (Å²) in [6, 6.07) is 0. The Morgan fingerprint density at radius 1 is 0.656 bits per heavy atom. The molecule has 1 rings (SSSR count). The summed E-state index contributed by atoms with van der Waals surface area (Å²) in [6.07, 6.45) is 44.1. The Balaban J connectivity index is -0.000000459. The highest BCUT2D eigenvalue weighted by atomic mass is 28.2. The summed E-state index contributed by atoms with van der Waals surface area (Å²) in [6.45, 7) is 8.12. The van der Waals surface area contributed by atoms with Gasteiger partial charge in [0.25, 0.3) is 0 Å². The number of ether oxygens (including phenoxy) is 2. The lowest BCUT2D eigenvalue weighted by atomic mass is 9.75. The first-order valence-electron chi connectivity index (χ1n) is 24.3. The van der Waals surface area contributed by atoms with Crippen LogP contribution >= 0.6 is 0 Å². The van der Waals surface area contributed by atoms with Crippen molar-refractivity contribution in [3.05, 3.63) is 36.5 Å². The lowest BCUT2D eigenvalue weighted by Crippen LogP contribution is -2.41. The van der Waals surface area contributed by atoms with Crippen LogP contribution in [0.1, 0.15) is 230 Å². The highest BCUT2D eigenvalue weighted by Crippen LogP contribution is 2.37. The van der Waals surface area contributed by atoms with Crippen LogP contribution in [-0.4, -0.2) is 109 Å². The van der Waals surface area contributed by atoms with E-state index in [1.54, 1.807) is 0 Å². The van der Waals surface area contributed by atoms with Crippen molar-refractivity contribution in [2.24, 2.45) is 5.41 Å². The van der Waals surface area contributed by atoms with Crippen LogP contribution in [0.25, 0.3) is 0 Å². The molecule has 0 saturated carbocycles. The van der Waals surface area contributed by atoms with Crippen LogP contribution in [0.3, 0.4) is 0 Å². The first kappa shape index (κ1) is 76.8. The molecule has 7 N–H and O–H groups in total. The molecular weight excluding hydrogens is 825 g/mol. The smallest absolute Gasteiger partial charge is 0.305 e. The molecule has 0 aromatic rings. The number of allylic oxidation sites excluding steroid dienone is 6. The van der Waals surface area contributed by atoms with Crippen molar-refractivity contribution in [1.82, 2.24) is 0 Å². The predicted molar refractivity (Wildman–Crippen MR) is 281 cm³/mol. The molecular formula is C53H114O10Si. The zero-order valence-corrected chi connectivity index (χ0v) is 40.9. The largest absolute Gasteiger partial charge is 0.463 e. The second kappa shape index (κ2) is 61.6. The third-order valence-electron chi connectivity index (χ3n) is 10.7. The SMILES string of the molecule is C.C.C.C.CCCCCCCCC=CCC(/C=C\CCCCCCCC)(C/C=C/CCCCCCCC)CCCCCC(=O)OC[C@@H](O)C1OCC(O)C1O.CO.C[SiH2]O.OCCO. The van der Waals surface area contributed by atoms with Gasteiger partial charge in [0, 0.05) is 13.5 Å². The fraction of sp³-hybridized carbons (Fsp3) is 0.868. The van der Waals surface area contributed by atoms with Crippen molar-refractivity contribution in [3.63, 3.8) is 0 Å². The number of rotatable bonds is 36. The van der Waals surface area contributed by atoms with E-state index in [1.165, 1.54) is 128 Å². The number of aliphatic hydroxyl groups is 6. The number of hydrogen-bond acceptors (Lipinski definition) is 10. The molecule has 390 valence electrons. The van der Waals surface area contributed by atoms with E-state index in [4.69, 9.17) is 29.6 Å². The molecule has 0 bridgehead atoms. The van der Waals surface area contributed by atoms with Gasteiger partial charge in [0.1, 0.15) is 31.0 Å². The van der Waals surface area contributed by atoms with Crippen LogP contribution in [0.2, 0.25) is 6.55 Å². The molecule has 5 atom stereocenters. The highest BCUT2D eigenvalue weighted by molar-refractivity contribution is 6.22. The molecule has 0 radical (unpaired) electrons. The Hall–Kier alpha value is -1.41. The van der Waals surface area contributed by atoms with Crippen LogP contribution in [-0.2, 0) is 14.3 Å². The van der Waals surface area contributed by atoms with Crippen LogP contribution in [0.4, 0.5) is 0 Å². The quantitative estimate of drug-likeness (QED) is 0.0138. The number of esters is 1.